The van der Waals surface area contributed by atoms with Crippen LogP contribution in [0.15, 0.2) is 42.7 Å². The molecule has 0 aliphatic heterocycles. The largest absolute Gasteiger partial charge is 0.437 e. The van der Waals surface area contributed by atoms with Gasteiger partial charge in [0.05, 0.1) is 5.69 Å². The molecule has 0 saturated heterocycles. The van der Waals surface area contributed by atoms with Gasteiger partial charge in [0.1, 0.15) is 10.9 Å². The van der Waals surface area contributed by atoms with Crippen molar-refractivity contribution in [3.05, 3.63) is 59.0 Å². The highest BCUT2D eigenvalue weighted by Crippen LogP contribution is 2.28. The lowest BCUT2D eigenvalue weighted by Crippen LogP contribution is -1.97. The number of aryl methyl sites for hydroxylation is 2. The Bertz CT molecular complexity index is 829. The molecule has 0 aliphatic carbocycles. The molecule has 1 aromatic carbocycles. The van der Waals surface area contributed by atoms with Gasteiger partial charge < -0.3 is 10.5 Å². The zero-order valence-corrected chi connectivity index (χ0v) is 13.0. The number of nitrogens with zero attached hydrogens (tertiary/aromatic N) is 3. The molecule has 0 atom stereocenters. The van der Waals surface area contributed by atoms with Crippen molar-refractivity contribution in [1.29, 1.82) is 0 Å². The van der Waals surface area contributed by atoms with E-state index in [4.69, 9.17) is 22.1 Å². The van der Waals surface area contributed by atoms with Crippen molar-refractivity contribution in [2.24, 2.45) is 0 Å². The van der Waals surface area contributed by atoms with E-state index in [0.717, 1.165) is 28.3 Å². The van der Waals surface area contributed by atoms with Crippen molar-refractivity contribution in [3.8, 4) is 17.3 Å². The first kappa shape index (κ1) is 14.4. The number of nitrogen functional groups attached to an aromatic ring is 1. The molecule has 2 N–H and O–H groups in total. The maximum absolute atomic E-state index is 5.89. The number of nitrogens with two attached hydrogens (primary N) is 1. The first-order valence-corrected chi connectivity index (χ1v) is 7.13. The van der Waals surface area contributed by atoms with Crippen LogP contribution in [-0.4, -0.2) is 14.8 Å². The van der Waals surface area contributed by atoms with Crippen LogP contribution >= 0.6 is 11.6 Å². The number of hydrogen-bond acceptors (Lipinski definition) is 4. The van der Waals surface area contributed by atoms with Crippen molar-refractivity contribution in [2.75, 3.05) is 5.73 Å². The molecule has 0 spiro atoms. The Morgan fingerprint density at radius 2 is 1.95 bits per heavy atom. The zero-order chi connectivity index (χ0) is 15.7. The molecule has 0 radical (unpaired) electrons. The molecule has 0 bridgehead atoms. The zero-order valence-electron chi connectivity index (χ0n) is 12.2. The number of anilines is 1. The number of pyridine rings is 1. The molecule has 0 saturated carbocycles. The van der Waals surface area contributed by atoms with Crippen LogP contribution in [0.4, 0.5) is 5.69 Å². The molecular formula is C16H15ClN4O. The Balaban J connectivity index is 1.87. The van der Waals surface area contributed by atoms with Gasteiger partial charge in [0, 0.05) is 30.2 Å². The van der Waals surface area contributed by atoms with Crippen LogP contribution in [0.25, 0.3) is 5.69 Å². The predicted molar refractivity (Wildman–Crippen MR) is 86.8 cm³/mol. The number of benzene rings is 1. The summed E-state index contributed by atoms with van der Waals surface area (Å²) in [4.78, 5) is 3.95. The highest BCUT2D eigenvalue weighted by atomic mass is 35.5. The van der Waals surface area contributed by atoms with E-state index in [0.29, 0.717) is 11.0 Å². The Morgan fingerprint density at radius 1 is 1.14 bits per heavy atom. The quantitative estimate of drug-likeness (QED) is 0.588. The van der Waals surface area contributed by atoms with Crippen molar-refractivity contribution < 1.29 is 4.74 Å². The summed E-state index contributed by atoms with van der Waals surface area (Å²) in [5, 5.41) is 4.80. The van der Waals surface area contributed by atoms with E-state index in [1.165, 1.54) is 0 Å². The van der Waals surface area contributed by atoms with Crippen molar-refractivity contribution in [3.63, 3.8) is 0 Å². The minimum Gasteiger partial charge on any atom is -0.437 e. The van der Waals surface area contributed by atoms with E-state index >= 15 is 0 Å². The number of ether oxygens (including phenoxy) is 1. The lowest BCUT2D eigenvalue weighted by molar-refractivity contribution is 0.454. The van der Waals surface area contributed by atoms with Gasteiger partial charge in [-0.05, 0) is 43.2 Å². The van der Waals surface area contributed by atoms with Gasteiger partial charge in [-0.3, -0.25) is 0 Å². The Kier molecular flexibility index (Phi) is 3.73. The molecule has 2 aromatic heterocycles. The van der Waals surface area contributed by atoms with Crippen molar-refractivity contribution >= 4 is 17.3 Å². The number of aromatic nitrogens is 3. The average Bonchev–Trinajstić information content (AvgIpc) is 2.93. The number of halogens is 1. The van der Waals surface area contributed by atoms with Crippen molar-refractivity contribution in [1.82, 2.24) is 14.8 Å². The summed E-state index contributed by atoms with van der Waals surface area (Å²) in [6, 6.07) is 9.15. The van der Waals surface area contributed by atoms with Gasteiger partial charge in [0.25, 0.3) is 0 Å². The van der Waals surface area contributed by atoms with E-state index in [-0.39, 0.29) is 0 Å². The lowest BCUT2D eigenvalue weighted by Gasteiger charge is -2.09. The summed E-state index contributed by atoms with van der Waals surface area (Å²) >= 11 is 5.89. The van der Waals surface area contributed by atoms with E-state index in [9.17, 15) is 0 Å². The molecule has 0 amide bonds. The first-order valence-electron chi connectivity index (χ1n) is 6.75. The fourth-order valence-electron chi connectivity index (χ4n) is 2.07. The predicted octanol–water partition coefficient (Wildman–Crippen LogP) is 3.91. The van der Waals surface area contributed by atoms with Crippen LogP contribution in [0.2, 0.25) is 5.15 Å². The molecule has 0 aliphatic rings. The van der Waals surface area contributed by atoms with Crippen molar-refractivity contribution in [2.45, 2.75) is 13.8 Å². The van der Waals surface area contributed by atoms with E-state index in [2.05, 4.69) is 10.1 Å². The normalized spacial score (nSPS) is 10.7. The first-order chi connectivity index (χ1) is 10.5. The fourth-order valence-corrected chi connectivity index (χ4v) is 2.24. The second kappa shape index (κ2) is 5.69. The minimum absolute atomic E-state index is 0.417. The molecule has 2 heterocycles. The molecule has 112 valence electrons. The topological polar surface area (TPSA) is 66.0 Å². The minimum atomic E-state index is 0.417. The maximum Gasteiger partial charge on any atom is 0.238 e. The second-order valence-corrected chi connectivity index (χ2v) is 5.40. The summed E-state index contributed by atoms with van der Waals surface area (Å²) in [6.45, 7) is 3.89. The summed E-state index contributed by atoms with van der Waals surface area (Å²) in [7, 11) is 0. The highest BCUT2D eigenvalue weighted by Gasteiger charge is 2.08. The Labute approximate surface area is 133 Å². The number of rotatable bonds is 3. The van der Waals surface area contributed by atoms with E-state index < -0.39 is 0 Å². The summed E-state index contributed by atoms with van der Waals surface area (Å²) in [6.07, 6.45) is 3.44. The molecular weight excluding hydrogens is 300 g/mol. The van der Waals surface area contributed by atoms with Gasteiger partial charge in [0.2, 0.25) is 5.88 Å². The van der Waals surface area contributed by atoms with Crippen LogP contribution in [0.3, 0.4) is 0 Å². The van der Waals surface area contributed by atoms with E-state index in [1.54, 1.807) is 29.2 Å². The fraction of sp³-hybridized carbons (Fsp3) is 0.125. The lowest BCUT2D eigenvalue weighted by atomic mass is 10.1. The van der Waals surface area contributed by atoms with Gasteiger partial charge in [-0.1, -0.05) is 11.6 Å². The molecule has 6 heteroatoms. The Morgan fingerprint density at radius 3 is 2.73 bits per heavy atom. The third-order valence-electron chi connectivity index (χ3n) is 3.32. The molecule has 3 aromatic rings. The van der Waals surface area contributed by atoms with Crippen LogP contribution in [-0.2, 0) is 0 Å². The molecule has 3 rings (SSSR count). The third-order valence-corrected chi connectivity index (χ3v) is 3.52. The smallest absolute Gasteiger partial charge is 0.238 e. The molecule has 22 heavy (non-hydrogen) atoms. The highest BCUT2D eigenvalue weighted by molar-refractivity contribution is 6.29. The van der Waals surface area contributed by atoms with Crippen LogP contribution < -0.4 is 10.5 Å². The van der Waals surface area contributed by atoms with Crippen LogP contribution in [0.5, 0.6) is 11.6 Å². The SMILES string of the molecule is Cc1cc(Oc2ccn(-c3ccnc(Cl)c3)n2)c(C)cc1N. The summed E-state index contributed by atoms with van der Waals surface area (Å²) < 4.78 is 7.52. The standard InChI is InChI=1S/C16H15ClN4O/c1-10-8-14(11(2)7-13(10)18)22-16-4-6-21(20-16)12-3-5-19-15(17)9-12/h3-9H,18H2,1-2H3. The van der Waals surface area contributed by atoms with Crippen LogP contribution in [0, 0.1) is 13.8 Å². The van der Waals surface area contributed by atoms with Gasteiger partial charge in [-0.2, -0.15) is 0 Å². The second-order valence-electron chi connectivity index (χ2n) is 5.01. The van der Waals surface area contributed by atoms with E-state index in [1.807, 2.05) is 32.0 Å². The van der Waals surface area contributed by atoms with Gasteiger partial charge >= 0.3 is 0 Å². The maximum atomic E-state index is 5.89. The molecule has 0 unspecified atom stereocenters. The van der Waals surface area contributed by atoms with Gasteiger partial charge in [-0.25, -0.2) is 9.67 Å². The van der Waals surface area contributed by atoms with Gasteiger partial charge in [0.15, 0.2) is 0 Å². The number of hydrogen-bond donors (Lipinski definition) is 1. The monoisotopic (exact) mass is 314 g/mol. The van der Waals surface area contributed by atoms with Gasteiger partial charge in [-0.15, -0.1) is 5.10 Å². The summed E-state index contributed by atoms with van der Waals surface area (Å²) in [5.41, 5.74) is 9.39. The molecule has 0 fully saturated rings. The Hall–Kier alpha value is -2.53. The average molecular weight is 315 g/mol. The summed E-state index contributed by atoms with van der Waals surface area (Å²) in [5.74, 6) is 1.24. The van der Waals surface area contributed by atoms with Crippen LogP contribution in [0.1, 0.15) is 11.1 Å². The third kappa shape index (κ3) is 2.89. The molecule has 5 nitrogen and oxygen atoms in total.